The fourth-order valence-electron chi connectivity index (χ4n) is 2.35. The van der Waals surface area contributed by atoms with Gasteiger partial charge >= 0.3 is 0 Å². The van der Waals surface area contributed by atoms with Crippen LogP contribution >= 0.6 is 12.4 Å². The van der Waals surface area contributed by atoms with Crippen LogP contribution in [0.15, 0.2) is 42.6 Å². The molecule has 2 N–H and O–H groups in total. The van der Waals surface area contributed by atoms with Gasteiger partial charge in [0.1, 0.15) is 6.04 Å². The van der Waals surface area contributed by atoms with Crippen LogP contribution in [0.3, 0.4) is 0 Å². The molecule has 0 saturated carbocycles. The van der Waals surface area contributed by atoms with Gasteiger partial charge in [0, 0.05) is 18.8 Å². The Labute approximate surface area is 135 Å². The van der Waals surface area contributed by atoms with Crippen molar-refractivity contribution in [2.75, 3.05) is 18.5 Å². The summed E-state index contributed by atoms with van der Waals surface area (Å²) >= 11 is 0. The van der Waals surface area contributed by atoms with Gasteiger partial charge in [-0.25, -0.2) is 4.68 Å². The molecule has 6 nitrogen and oxygen atoms in total. The standard InChI is InChI=1S/C15H18N4O2.ClH/c1-11-14(16-8-10-21-11)15(20)17-13-7-9-19(18-13)12-5-3-2-4-6-12;/h2-7,9,11,14,16H,8,10H2,1H3,(H,17,18,20);1H/t11-,14+;/m1./s1. The fourth-order valence-corrected chi connectivity index (χ4v) is 2.35. The second kappa shape index (κ2) is 7.40. The first-order chi connectivity index (χ1) is 10.2. The summed E-state index contributed by atoms with van der Waals surface area (Å²) < 4.78 is 7.20. The molecule has 1 aliphatic rings. The maximum Gasteiger partial charge on any atom is 0.245 e. The number of para-hydroxylation sites is 1. The number of nitrogens with zero attached hydrogens (tertiary/aromatic N) is 2. The Kier molecular flexibility index (Phi) is 5.54. The van der Waals surface area contributed by atoms with E-state index in [0.717, 1.165) is 5.69 Å². The second-order valence-corrected chi connectivity index (χ2v) is 4.98. The third kappa shape index (κ3) is 3.65. The molecule has 2 atom stereocenters. The number of carbonyl (C=O) groups excluding carboxylic acids is 1. The van der Waals surface area contributed by atoms with Crippen LogP contribution in [0.5, 0.6) is 0 Å². The predicted octanol–water partition coefficient (Wildman–Crippen LogP) is 1.61. The van der Waals surface area contributed by atoms with Gasteiger partial charge in [-0.2, -0.15) is 5.10 Å². The molecule has 1 fully saturated rings. The Morgan fingerprint density at radius 3 is 2.86 bits per heavy atom. The van der Waals surface area contributed by atoms with Crippen molar-refractivity contribution in [1.82, 2.24) is 15.1 Å². The third-order valence-electron chi connectivity index (χ3n) is 3.46. The number of nitrogens with one attached hydrogen (secondary N) is 2. The first-order valence-corrected chi connectivity index (χ1v) is 7.01. The molecule has 1 saturated heterocycles. The molecule has 1 aromatic carbocycles. The zero-order valence-corrected chi connectivity index (χ0v) is 13.0. The average molecular weight is 323 g/mol. The first kappa shape index (κ1) is 16.5. The number of aromatic nitrogens is 2. The molecule has 118 valence electrons. The molecule has 3 rings (SSSR count). The third-order valence-corrected chi connectivity index (χ3v) is 3.46. The zero-order chi connectivity index (χ0) is 14.7. The molecule has 0 spiro atoms. The van der Waals surface area contributed by atoms with Crippen molar-refractivity contribution in [2.45, 2.75) is 19.1 Å². The summed E-state index contributed by atoms with van der Waals surface area (Å²) in [5.41, 5.74) is 0.950. The topological polar surface area (TPSA) is 68.2 Å². The number of halogens is 1. The summed E-state index contributed by atoms with van der Waals surface area (Å²) in [6.45, 7) is 3.20. The lowest BCUT2D eigenvalue weighted by Gasteiger charge is -2.28. The number of hydrogen-bond donors (Lipinski definition) is 2. The summed E-state index contributed by atoms with van der Waals surface area (Å²) in [7, 11) is 0. The Morgan fingerprint density at radius 1 is 1.36 bits per heavy atom. The Balaban J connectivity index is 0.00000176. The van der Waals surface area contributed by atoms with Gasteiger partial charge < -0.3 is 15.4 Å². The lowest BCUT2D eigenvalue weighted by Crippen LogP contribution is -2.53. The lowest BCUT2D eigenvalue weighted by atomic mass is 10.1. The van der Waals surface area contributed by atoms with Crippen molar-refractivity contribution in [3.05, 3.63) is 42.6 Å². The number of carbonyl (C=O) groups is 1. The normalized spacial score (nSPS) is 21.0. The molecule has 1 amide bonds. The number of anilines is 1. The average Bonchev–Trinajstić information content (AvgIpc) is 2.97. The molecule has 7 heteroatoms. The quantitative estimate of drug-likeness (QED) is 0.901. The van der Waals surface area contributed by atoms with Gasteiger partial charge in [-0.1, -0.05) is 18.2 Å². The molecule has 1 aromatic heterocycles. The highest BCUT2D eigenvalue weighted by Crippen LogP contribution is 2.11. The van der Waals surface area contributed by atoms with Gasteiger partial charge in [-0.15, -0.1) is 12.4 Å². The summed E-state index contributed by atoms with van der Waals surface area (Å²) in [5.74, 6) is 0.406. The maximum atomic E-state index is 12.2. The van der Waals surface area contributed by atoms with Crippen LogP contribution < -0.4 is 10.6 Å². The van der Waals surface area contributed by atoms with Crippen LogP contribution in [-0.2, 0) is 9.53 Å². The molecule has 2 heterocycles. The molecule has 2 aromatic rings. The van der Waals surface area contributed by atoms with Crippen LogP contribution in [0.1, 0.15) is 6.92 Å². The van der Waals surface area contributed by atoms with Crippen molar-refractivity contribution in [3.63, 3.8) is 0 Å². The SMILES string of the molecule is C[C@H]1OCCN[C@@H]1C(=O)Nc1ccn(-c2ccccc2)n1.Cl. The van der Waals surface area contributed by atoms with Crippen molar-refractivity contribution in [1.29, 1.82) is 0 Å². The van der Waals surface area contributed by atoms with E-state index in [1.807, 2.05) is 43.5 Å². The van der Waals surface area contributed by atoms with Crippen molar-refractivity contribution >= 4 is 24.1 Å². The van der Waals surface area contributed by atoms with Crippen molar-refractivity contribution < 1.29 is 9.53 Å². The van der Waals surface area contributed by atoms with Crippen molar-refractivity contribution in [2.24, 2.45) is 0 Å². The molecule has 0 aliphatic carbocycles. The number of amides is 1. The number of rotatable bonds is 3. The van der Waals surface area contributed by atoms with Crippen LogP contribution in [0.4, 0.5) is 5.82 Å². The van der Waals surface area contributed by atoms with Gasteiger partial charge in [0.2, 0.25) is 5.91 Å². The lowest BCUT2D eigenvalue weighted by molar-refractivity contribution is -0.123. The molecule has 0 bridgehead atoms. The van der Waals surface area contributed by atoms with Gasteiger partial charge in [0.25, 0.3) is 0 Å². The predicted molar refractivity (Wildman–Crippen MR) is 86.6 cm³/mol. The molecule has 1 aliphatic heterocycles. The van der Waals surface area contributed by atoms with E-state index in [1.54, 1.807) is 10.7 Å². The number of benzene rings is 1. The van der Waals surface area contributed by atoms with E-state index in [4.69, 9.17) is 4.74 Å². The number of morpholine rings is 1. The highest BCUT2D eigenvalue weighted by Gasteiger charge is 2.28. The monoisotopic (exact) mass is 322 g/mol. The molecule has 0 radical (unpaired) electrons. The van der Waals surface area contributed by atoms with Crippen LogP contribution in [-0.4, -0.2) is 41.0 Å². The van der Waals surface area contributed by atoms with E-state index < -0.39 is 0 Å². The van der Waals surface area contributed by atoms with Gasteiger partial charge in [-0.3, -0.25) is 4.79 Å². The minimum atomic E-state index is -0.347. The van der Waals surface area contributed by atoms with Gasteiger partial charge in [-0.05, 0) is 19.1 Å². The highest BCUT2D eigenvalue weighted by molar-refractivity contribution is 5.94. The van der Waals surface area contributed by atoms with E-state index >= 15 is 0 Å². The maximum absolute atomic E-state index is 12.2. The minimum absolute atomic E-state index is 0. The van der Waals surface area contributed by atoms with Crippen molar-refractivity contribution in [3.8, 4) is 5.69 Å². The van der Waals surface area contributed by atoms with E-state index in [-0.39, 0.29) is 30.5 Å². The number of ether oxygens (including phenoxy) is 1. The number of hydrogen-bond acceptors (Lipinski definition) is 4. The Bertz CT molecular complexity index is 617. The second-order valence-electron chi connectivity index (χ2n) is 4.98. The van der Waals surface area contributed by atoms with E-state index in [0.29, 0.717) is 19.0 Å². The van der Waals surface area contributed by atoms with Crippen LogP contribution in [0.2, 0.25) is 0 Å². The summed E-state index contributed by atoms with van der Waals surface area (Å²) in [6, 6.07) is 11.2. The van der Waals surface area contributed by atoms with E-state index in [2.05, 4.69) is 15.7 Å². The zero-order valence-electron chi connectivity index (χ0n) is 12.2. The van der Waals surface area contributed by atoms with Gasteiger partial charge in [0.15, 0.2) is 5.82 Å². The summed E-state index contributed by atoms with van der Waals surface area (Å²) in [4.78, 5) is 12.2. The Hall–Kier alpha value is -1.89. The smallest absolute Gasteiger partial charge is 0.245 e. The molecule has 22 heavy (non-hydrogen) atoms. The van der Waals surface area contributed by atoms with E-state index in [9.17, 15) is 4.79 Å². The highest BCUT2D eigenvalue weighted by atomic mass is 35.5. The van der Waals surface area contributed by atoms with Gasteiger partial charge in [0.05, 0.1) is 18.4 Å². The van der Waals surface area contributed by atoms with E-state index in [1.165, 1.54) is 0 Å². The largest absolute Gasteiger partial charge is 0.375 e. The molecular formula is C15H19ClN4O2. The molecule has 0 unspecified atom stereocenters. The summed E-state index contributed by atoms with van der Waals surface area (Å²) in [6.07, 6.45) is 1.68. The Morgan fingerprint density at radius 2 is 2.14 bits per heavy atom. The fraction of sp³-hybridized carbons (Fsp3) is 0.333. The van der Waals surface area contributed by atoms with Crippen LogP contribution in [0, 0.1) is 0 Å². The van der Waals surface area contributed by atoms with Crippen LogP contribution in [0.25, 0.3) is 5.69 Å². The first-order valence-electron chi connectivity index (χ1n) is 7.01. The molecular weight excluding hydrogens is 304 g/mol. The minimum Gasteiger partial charge on any atom is -0.375 e. The summed E-state index contributed by atoms with van der Waals surface area (Å²) in [5, 5.41) is 10.3.